The number of primary amides is 1. The molecule has 4 aliphatic rings. The van der Waals surface area contributed by atoms with Gasteiger partial charge in [-0.2, -0.15) is 0 Å². The summed E-state index contributed by atoms with van der Waals surface area (Å²) in [7, 11) is -4.68. The number of nitrogens with two attached hydrogens (primary N) is 1. The van der Waals surface area contributed by atoms with Crippen LogP contribution in [0.1, 0.15) is 75.6 Å². The fourth-order valence-corrected chi connectivity index (χ4v) is 23.8. The minimum absolute atomic E-state index is 0.0499. The van der Waals surface area contributed by atoms with Crippen LogP contribution in [0.4, 0.5) is 0 Å². The second kappa shape index (κ2) is 6.48. The van der Waals surface area contributed by atoms with Crippen molar-refractivity contribution >= 4 is 28.6 Å². The molecular weight excluding hydrogens is 426 g/mol. The molecule has 5 rings (SSSR count). The Labute approximate surface area is 196 Å². The first-order valence-corrected chi connectivity index (χ1v) is 18.4. The van der Waals surface area contributed by atoms with E-state index in [1.807, 2.05) is 0 Å². The van der Waals surface area contributed by atoms with Gasteiger partial charge in [-0.3, -0.25) is 4.79 Å². The highest BCUT2D eigenvalue weighted by atomic mass is 28.4. The van der Waals surface area contributed by atoms with Crippen molar-refractivity contribution in [1.29, 1.82) is 0 Å². The molecule has 3 fully saturated rings. The van der Waals surface area contributed by atoms with Crippen LogP contribution in [0.25, 0.3) is 6.08 Å². The number of rotatable bonds is 3. The number of benzene rings is 1. The zero-order valence-corrected chi connectivity index (χ0v) is 23.3. The van der Waals surface area contributed by atoms with E-state index in [2.05, 4.69) is 72.1 Å². The van der Waals surface area contributed by atoms with Crippen molar-refractivity contribution < 1.29 is 8.91 Å². The molecule has 1 aromatic carbocycles. The fourth-order valence-electron chi connectivity index (χ4n) is 9.12. The maximum Gasteiger partial charge on any atom is 0.224 e. The standard InChI is InChI=1S/C27H41NO2Si2/c1-9-17-12-18-14-21(25(2,3)4)16-23(22(18)13-17)26-19-10-11-20(15-19)27(26,24(28)29)32(7,8)30-31(26,5)6/h12,14,16,19-20H,9-11,13,15H2,1-8H3,(H2,28,29). The molecule has 0 spiro atoms. The predicted octanol–water partition coefficient (Wildman–Crippen LogP) is 6.21. The summed E-state index contributed by atoms with van der Waals surface area (Å²) in [6.07, 6.45) is 8.03. The molecule has 2 N–H and O–H groups in total. The van der Waals surface area contributed by atoms with Crippen LogP contribution in [0.15, 0.2) is 17.7 Å². The first kappa shape index (κ1) is 22.6. The SMILES string of the molecule is CCC1=Cc2cc(C(C)(C)C)cc(C34C5CCC(C5)C3(C(N)=O)[Si](C)(C)O[Si]4(C)C)c2C1. The van der Waals surface area contributed by atoms with Crippen molar-refractivity contribution in [2.75, 3.05) is 0 Å². The summed E-state index contributed by atoms with van der Waals surface area (Å²) in [6.45, 7) is 18.6. The van der Waals surface area contributed by atoms with Crippen molar-refractivity contribution in [3.63, 3.8) is 0 Å². The molecule has 174 valence electrons. The van der Waals surface area contributed by atoms with E-state index in [1.165, 1.54) is 34.2 Å². The lowest BCUT2D eigenvalue weighted by atomic mass is 9.69. The quantitative estimate of drug-likeness (QED) is 0.538. The summed E-state index contributed by atoms with van der Waals surface area (Å²) >= 11 is 0. The number of hydrogen-bond acceptors (Lipinski definition) is 2. The van der Waals surface area contributed by atoms with E-state index in [0.29, 0.717) is 11.8 Å². The second-order valence-corrected chi connectivity index (χ2v) is 21.4. The monoisotopic (exact) mass is 467 g/mol. The Bertz CT molecular complexity index is 1050. The topological polar surface area (TPSA) is 52.3 Å². The Balaban J connectivity index is 1.91. The molecule has 5 heteroatoms. The fraction of sp³-hybridized carbons (Fsp3) is 0.667. The average molecular weight is 468 g/mol. The van der Waals surface area contributed by atoms with E-state index in [1.54, 1.807) is 0 Å². The van der Waals surface area contributed by atoms with E-state index in [9.17, 15) is 4.79 Å². The predicted molar refractivity (Wildman–Crippen MR) is 138 cm³/mol. The van der Waals surface area contributed by atoms with Gasteiger partial charge in [-0.15, -0.1) is 0 Å². The molecule has 32 heavy (non-hydrogen) atoms. The van der Waals surface area contributed by atoms with Gasteiger partial charge in [0.05, 0.1) is 5.04 Å². The highest BCUT2D eigenvalue weighted by molar-refractivity contribution is 6.96. The Kier molecular flexibility index (Phi) is 4.58. The molecule has 0 aromatic heterocycles. The molecule has 4 unspecified atom stereocenters. The summed E-state index contributed by atoms with van der Waals surface area (Å²) < 4.78 is 7.20. The van der Waals surface area contributed by atoms with Crippen molar-refractivity contribution in [1.82, 2.24) is 0 Å². The van der Waals surface area contributed by atoms with Crippen LogP contribution < -0.4 is 5.73 Å². The van der Waals surface area contributed by atoms with Gasteiger partial charge in [0, 0.05) is 5.04 Å². The molecule has 3 aliphatic carbocycles. The lowest BCUT2D eigenvalue weighted by Crippen LogP contribution is -2.63. The van der Waals surface area contributed by atoms with Gasteiger partial charge in [0.2, 0.25) is 5.91 Å². The van der Waals surface area contributed by atoms with Gasteiger partial charge >= 0.3 is 0 Å². The average Bonchev–Trinajstić information content (AvgIpc) is 3.38. The number of carbonyl (C=O) groups is 1. The van der Waals surface area contributed by atoms with Crippen LogP contribution in [-0.4, -0.2) is 22.5 Å². The number of amides is 1. The third kappa shape index (κ3) is 2.38. The maximum absolute atomic E-state index is 13.8. The Hall–Kier alpha value is -1.18. The highest BCUT2D eigenvalue weighted by Gasteiger charge is 2.86. The normalized spacial score (nSPS) is 36.2. The summed E-state index contributed by atoms with van der Waals surface area (Å²) in [6, 6.07) is 4.93. The Morgan fingerprint density at radius 2 is 1.78 bits per heavy atom. The van der Waals surface area contributed by atoms with Gasteiger partial charge < -0.3 is 9.85 Å². The third-order valence-electron chi connectivity index (χ3n) is 9.87. The Morgan fingerprint density at radius 1 is 1.12 bits per heavy atom. The first-order chi connectivity index (χ1) is 14.7. The molecule has 0 radical (unpaired) electrons. The van der Waals surface area contributed by atoms with Gasteiger partial charge in [0.15, 0.2) is 16.6 Å². The van der Waals surface area contributed by atoms with Crippen molar-refractivity contribution in [3.05, 3.63) is 40.0 Å². The van der Waals surface area contributed by atoms with Gasteiger partial charge in [-0.1, -0.05) is 51.5 Å². The van der Waals surface area contributed by atoms with Crippen LogP contribution in [0, 0.1) is 11.8 Å². The first-order valence-electron chi connectivity index (χ1n) is 12.6. The van der Waals surface area contributed by atoms with E-state index < -0.39 is 21.7 Å². The molecule has 1 heterocycles. The largest absolute Gasteiger partial charge is 0.454 e. The summed E-state index contributed by atoms with van der Waals surface area (Å²) in [4.78, 5) is 13.8. The second-order valence-electron chi connectivity index (χ2n) is 13.0. The zero-order chi connectivity index (χ0) is 23.5. The third-order valence-corrected chi connectivity index (χ3v) is 20.1. The summed E-state index contributed by atoms with van der Waals surface area (Å²) in [5, 5.41) is -0.690. The molecule has 1 aliphatic heterocycles. The van der Waals surface area contributed by atoms with Gasteiger partial charge in [-0.05, 0) is 97.8 Å². The Morgan fingerprint density at radius 3 is 2.38 bits per heavy atom. The summed E-state index contributed by atoms with van der Waals surface area (Å²) in [5.41, 5.74) is 13.8. The minimum atomic E-state index is -2.38. The molecule has 4 atom stereocenters. The van der Waals surface area contributed by atoms with Crippen LogP contribution in [-0.2, 0) is 25.8 Å². The minimum Gasteiger partial charge on any atom is -0.454 e. The van der Waals surface area contributed by atoms with E-state index in [0.717, 1.165) is 25.7 Å². The number of fused-ring (bicyclic) bond motifs is 6. The number of hydrogen-bond donors (Lipinski definition) is 1. The van der Waals surface area contributed by atoms with Gasteiger partial charge in [0.1, 0.15) is 0 Å². The number of carbonyl (C=O) groups excluding carboxylic acids is 1. The smallest absolute Gasteiger partial charge is 0.224 e. The molecular formula is C27H41NO2Si2. The number of allylic oxidation sites excluding steroid dienone is 1. The van der Waals surface area contributed by atoms with E-state index >= 15 is 0 Å². The van der Waals surface area contributed by atoms with Crippen LogP contribution >= 0.6 is 0 Å². The zero-order valence-electron chi connectivity index (χ0n) is 21.3. The van der Waals surface area contributed by atoms with Crippen LogP contribution in [0.5, 0.6) is 0 Å². The highest BCUT2D eigenvalue weighted by Crippen LogP contribution is 2.81. The van der Waals surface area contributed by atoms with Crippen LogP contribution in [0.3, 0.4) is 0 Å². The lowest BCUT2D eigenvalue weighted by Gasteiger charge is -2.54. The van der Waals surface area contributed by atoms with Crippen LogP contribution in [0.2, 0.25) is 31.2 Å². The summed E-state index contributed by atoms with van der Waals surface area (Å²) in [5.74, 6) is 0.840. The van der Waals surface area contributed by atoms with E-state index in [-0.39, 0.29) is 16.4 Å². The van der Waals surface area contributed by atoms with Crippen molar-refractivity contribution in [3.8, 4) is 0 Å². The van der Waals surface area contributed by atoms with E-state index in [4.69, 9.17) is 9.85 Å². The molecule has 2 bridgehead atoms. The molecule has 1 aromatic rings. The lowest BCUT2D eigenvalue weighted by molar-refractivity contribution is -0.123. The van der Waals surface area contributed by atoms with Crippen molar-refractivity contribution in [2.24, 2.45) is 17.6 Å². The molecule has 2 saturated carbocycles. The van der Waals surface area contributed by atoms with Crippen molar-refractivity contribution in [2.45, 2.75) is 101 Å². The van der Waals surface area contributed by atoms with Gasteiger partial charge in [-0.25, -0.2) is 0 Å². The van der Waals surface area contributed by atoms with Gasteiger partial charge in [0.25, 0.3) is 0 Å². The molecule has 3 nitrogen and oxygen atoms in total. The molecule has 1 amide bonds. The maximum atomic E-state index is 13.8. The molecule has 1 saturated heterocycles.